The van der Waals surface area contributed by atoms with Crippen molar-refractivity contribution in [3.05, 3.63) is 24.7 Å². The van der Waals surface area contributed by atoms with Gasteiger partial charge in [0.15, 0.2) is 0 Å². The second-order valence-electron chi connectivity index (χ2n) is 4.09. The molecule has 2 atom stereocenters. The van der Waals surface area contributed by atoms with Crippen molar-refractivity contribution in [2.45, 2.75) is 51.7 Å². The van der Waals surface area contributed by atoms with E-state index in [0.717, 1.165) is 25.7 Å². The first-order valence-corrected chi connectivity index (χ1v) is 7.52. The van der Waals surface area contributed by atoms with Gasteiger partial charge in [0.05, 0.1) is 12.5 Å². The predicted molar refractivity (Wildman–Crippen MR) is 79.3 cm³/mol. The minimum Gasteiger partial charge on any atom is -0.495 e. The molecule has 0 saturated heterocycles. The summed E-state index contributed by atoms with van der Waals surface area (Å²) in [6.45, 7) is 3.98. The fourth-order valence-corrected chi connectivity index (χ4v) is 1.41. The molecule has 0 N–H and O–H groups in total. The van der Waals surface area contributed by atoms with Gasteiger partial charge < -0.3 is 9.47 Å². The van der Waals surface area contributed by atoms with Gasteiger partial charge in [-0.2, -0.15) is 0 Å². The number of ether oxygens (including phenoxy) is 2. The average molecular weight is 295 g/mol. The van der Waals surface area contributed by atoms with Crippen molar-refractivity contribution in [3.63, 3.8) is 0 Å². The first-order valence-electron chi connectivity index (χ1n) is 6.45. The van der Waals surface area contributed by atoms with Gasteiger partial charge >= 0.3 is 0 Å². The van der Waals surface area contributed by atoms with Crippen LogP contribution in [0.4, 0.5) is 0 Å². The standard InChI is InChI=1S/C14H24Cl2O2/c1-13(17-11-7-3-5-9-15)14(2)18-12-8-4-6-10-16/h7-8,11-14H,3-6,9-10H2,1-2H3. The van der Waals surface area contributed by atoms with Crippen molar-refractivity contribution in [2.75, 3.05) is 11.8 Å². The Kier molecular flexibility index (Phi) is 12.9. The Morgan fingerprint density at radius 2 is 1.22 bits per heavy atom. The third kappa shape index (κ3) is 10.8. The molecule has 106 valence electrons. The van der Waals surface area contributed by atoms with Crippen LogP contribution in [-0.4, -0.2) is 24.0 Å². The molecule has 0 heterocycles. The summed E-state index contributed by atoms with van der Waals surface area (Å²) in [6.07, 6.45) is 11.3. The molecule has 0 saturated carbocycles. The highest BCUT2D eigenvalue weighted by molar-refractivity contribution is 6.18. The maximum absolute atomic E-state index is 5.58. The van der Waals surface area contributed by atoms with Crippen LogP contribution in [-0.2, 0) is 9.47 Å². The van der Waals surface area contributed by atoms with Crippen molar-refractivity contribution in [1.29, 1.82) is 0 Å². The first kappa shape index (κ1) is 17.7. The van der Waals surface area contributed by atoms with Gasteiger partial charge in [0.2, 0.25) is 0 Å². The molecule has 0 rings (SSSR count). The quantitative estimate of drug-likeness (QED) is 0.308. The summed E-state index contributed by atoms with van der Waals surface area (Å²) in [7, 11) is 0. The van der Waals surface area contributed by atoms with Gasteiger partial charge in [-0.15, -0.1) is 23.2 Å². The maximum atomic E-state index is 5.58. The second-order valence-corrected chi connectivity index (χ2v) is 4.84. The van der Waals surface area contributed by atoms with Crippen LogP contribution in [0.25, 0.3) is 0 Å². The van der Waals surface area contributed by atoms with Crippen LogP contribution in [0, 0.1) is 0 Å². The molecule has 0 aliphatic heterocycles. The highest BCUT2D eigenvalue weighted by Gasteiger charge is 2.11. The molecule has 0 aliphatic carbocycles. The fourth-order valence-electron chi connectivity index (χ4n) is 1.11. The van der Waals surface area contributed by atoms with E-state index >= 15 is 0 Å². The average Bonchev–Trinajstić information content (AvgIpc) is 2.37. The molecule has 0 aromatic carbocycles. The van der Waals surface area contributed by atoms with Crippen LogP contribution >= 0.6 is 23.2 Å². The zero-order valence-electron chi connectivity index (χ0n) is 11.3. The first-order chi connectivity index (χ1) is 8.72. The number of rotatable bonds is 11. The molecular weight excluding hydrogens is 271 g/mol. The molecule has 2 nitrogen and oxygen atoms in total. The van der Waals surface area contributed by atoms with Crippen molar-refractivity contribution >= 4 is 23.2 Å². The molecule has 18 heavy (non-hydrogen) atoms. The Hall–Kier alpha value is -0.340. The van der Waals surface area contributed by atoms with E-state index < -0.39 is 0 Å². The Balaban J connectivity index is 3.65. The summed E-state index contributed by atoms with van der Waals surface area (Å²) in [5.41, 5.74) is 0. The number of hydrogen-bond acceptors (Lipinski definition) is 2. The van der Waals surface area contributed by atoms with Gasteiger partial charge in [-0.25, -0.2) is 0 Å². The minimum atomic E-state index is 0.0231. The Bertz CT molecular complexity index is 206. The summed E-state index contributed by atoms with van der Waals surface area (Å²) in [5, 5.41) is 0. The van der Waals surface area contributed by atoms with E-state index in [9.17, 15) is 0 Å². The monoisotopic (exact) mass is 294 g/mol. The highest BCUT2D eigenvalue weighted by Crippen LogP contribution is 2.05. The zero-order chi connectivity index (χ0) is 13.6. The van der Waals surface area contributed by atoms with E-state index in [1.165, 1.54) is 0 Å². The van der Waals surface area contributed by atoms with E-state index in [4.69, 9.17) is 32.7 Å². The van der Waals surface area contributed by atoms with Crippen LogP contribution in [0.15, 0.2) is 24.7 Å². The van der Waals surface area contributed by atoms with Crippen LogP contribution in [0.5, 0.6) is 0 Å². The van der Waals surface area contributed by atoms with E-state index in [1.807, 2.05) is 26.0 Å². The van der Waals surface area contributed by atoms with Crippen molar-refractivity contribution < 1.29 is 9.47 Å². The summed E-state index contributed by atoms with van der Waals surface area (Å²) in [4.78, 5) is 0. The van der Waals surface area contributed by atoms with Crippen LogP contribution < -0.4 is 0 Å². The lowest BCUT2D eigenvalue weighted by Gasteiger charge is -2.18. The number of allylic oxidation sites excluding steroid dienone is 2. The van der Waals surface area contributed by atoms with Gasteiger partial charge in [0, 0.05) is 11.8 Å². The maximum Gasteiger partial charge on any atom is 0.131 e. The van der Waals surface area contributed by atoms with Gasteiger partial charge in [-0.1, -0.05) is 0 Å². The van der Waals surface area contributed by atoms with Crippen LogP contribution in [0.3, 0.4) is 0 Å². The topological polar surface area (TPSA) is 18.5 Å². The third-order valence-corrected chi connectivity index (χ3v) is 2.98. The third-order valence-electron chi connectivity index (χ3n) is 2.45. The van der Waals surface area contributed by atoms with Crippen molar-refractivity contribution in [2.24, 2.45) is 0 Å². The number of hydrogen-bond donors (Lipinski definition) is 0. The lowest BCUT2D eigenvalue weighted by Crippen LogP contribution is -2.22. The number of alkyl halides is 2. The smallest absolute Gasteiger partial charge is 0.131 e. The predicted octanol–water partition coefficient (Wildman–Crippen LogP) is 4.86. The molecule has 0 aromatic rings. The van der Waals surface area contributed by atoms with Crippen LogP contribution in [0.1, 0.15) is 39.5 Å². The van der Waals surface area contributed by atoms with E-state index in [-0.39, 0.29) is 12.2 Å². The lowest BCUT2D eigenvalue weighted by molar-refractivity contribution is 0.0208. The summed E-state index contributed by atoms with van der Waals surface area (Å²) in [6, 6.07) is 0. The van der Waals surface area contributed by atoms with E-state index in [2.05, 4.69) is 0 Å². The van der Waals surface area contributed by atoms with Gasteiger partial charge in [0.25, 0.3) is 0 Å². The fraction of sp³-hybridized carbons (Fsp3) is 0.714. The molecular formula is C14H24Cl2O2. The Morgan fingerprint density at radius 3 is 1.56 bits per heavy atom. The molecule has 0 fully saturated rings. The Labute approximate surface area is 121 Å². The molecule has 0 aromatic heterocycles. The van der Waals surface area contributed by atoms with E-state index in [1.54, 1.807) is 12.5 Å². The lowest BCUT2D eigenvalue weighted by atomic mass is 10.2. The van der Waals surface area contributed by atoms with Crippen LogP contribution in [0.2, 0.25) is 0 Å². The normalized spacial score (nSPS) is 15.1. The minimum absolute atomic E-state index is 0.0231. The second kappa shape index (κ2) is 13.1. The highest BCUT2D eigenvalue weighted by atomic mass is 35.5. The largest absolute Gasteiger partial charge is 0.495 e. The van der Waals surface area contributed by atoms with Crippen molar-refractivity contribution in [3.8, 4) is 0 Å². The molecule has 2 unspecified atom stereocenters. The number of halogens is 2. The zero-order valence-corrected chi connectivity index (χ0v) is 12.8. The SMILES string of the molecule is CC(OC=CCCCCl)C(C)OC=CCCCCl. The molecule has 4 heteroatoms. The summed E-state index contributed by atoms with van der Waals surface area (Å²) in [5.74, 6) is 1.37. The number of unbranched alkanes of at least 4 members (excludes halogenated alkanes) is 2. The van der Waals surface area contributed by atoms with Gasteiger partial charge in [-0.3, -0.25) is 0 Å². The summed E-state index contributed by atoms with van der Waals surface area (Å²) >= 11 is 11.2. The molecule has 0 bridgehead atoms. The Morgan fingerprint density at radius 1 is 0.833 bits per heavy atom. The molecule has 0 spiro atoms. The van der Waals surface area contributed by atoms with Crippen molar-refractivity contribution in [1.82, 2.24) is 0 Å². The molecule has 0 aliphatic rings. The molecule has 0 amide bonds. The van der Waals surface area contributed by atoms with Gasteiger partial charge in [-0.05, 0) is 51.7 Å². The molecule has 0 radical (unpaired) electrons. The van der Waals surface area contributed by atoms with E-state index in [0.29, 0.717) is 11.8 Å². The van der Waals surface area contributed by atoms with Gasteiger partial charge in [0.1, 0.15) is 12.2 Å². The summed E-state index contributed by atoms with van der Waals surface area (Å²) < 4.78 is 11.0.